The second-order valence-electron chi connectivity index (χ2n) is 3.31. The van der Waals surface area contributed by atoms with Crippen LogP contribution in [0.5, 0.6) is 0 Å². The number of hydrogen-bond donors (Lipinski definition) is 0. The smallest absolute Gasteiger partial charge is 0.434 e. The predicted molar refractivity (Wildman–Crippen MR) is 49.4 cm³/mol. The second-order valence-corrected chi connectivity index (χ2v) is 3.31. The van der Waals surface area contributed by atoms with Crippen LogP contribution in [0.3, 0.4) is 0 Å². The van der Waals surface area contributed by atoms with Crippen LogP contribution < -0.4 is 0 Å². The molecular formula is C10H14O3. The molecule has 0 bridgehead atoms. The molecule has 3 heteroatoms. The molecular weight excluding hydrogens is 168 g/mol. The molecule has 1 aliphatic rings. The maximum absolute atomic E-state index is 10.7. The average Bonchev–Trinajstić information content (AvgIpc) is 2.11. The first-order valence-electron chi connectivity index (χ1n) is 4.24. The van der Waals surface area contributed by atoms with Gasteiger partial charge in [-0.3, -0.25) is 0 Å². The van der Waals surface area contributed by atoms with Crippen molar-refractivity contribution in [1.29, 1.82) is 0 Å². The maximum atomic E-state index is 10.7. The first kappa shape index (κ1) is 9.84. The van der Waals surface area contributed by atoms with E-state index in [1.54, 1.807) is 0 Å². The molecule has 1 rings (SSSR count). The van der Waals surface area contributed by atoms with Crippen LogP contribution in [0.15, 0.2) is 25.3 Å². The van der Waals surface area contributed by atoms with Crippen LogP contribution in [0.25, 0.3) is 0 Å². The maximum Gasteiger partial charge on any atom is 0.508 e. The van der Waals surface area contributed by atoms with E-state index >= 15 is 0 Å². The Morgan fingerprint density at radius 2 is 1.69 bits per heavy atom. The molecule has 0 spiro atoms. The van der Waals surface area contributed by atoms with Crippen LogP contribution in [-0.4, -0.2) is 19.4 Å². The second kappa shape index (κ2) is 4.12. The van der Waals surface area contributed by atoms with Crippen molar-refractivity contribution >= 4 is 6.16 Å². The summed E-state index contributed by atoms with van der Waals surface area (Å²) in [6, 6.07) is 0. The summed E-state index contributed by atoms with van der Waals surface area (Å²) in [4.78, 5) is 10.7. The quantitative estimate of drug-likeness (QED) is 0.494. The lowest BCUT2D eigenvalue weighted by Gasteiger charge is -2.33. The normalized spacial score (nSPS) is 19.8. The van der Waals surface area contributed by atoms with Crippen molar-refractivity contribution in [1.82, 2.24) is 0 Å². The highest BCUT2D eigenvalue weighted by molar-refractivity contribution is 5.60. The Hall–Kier alpha value is -1.25. The van der Waals surface area contributed by atoms with Gasteiger partial charge in [0, 0.05) is 5.41 Å². The third-order valence-corrected chi connectivity index (χ3v) is 2.15. The number of carbonyl (C=O) groups is 1. The van der Waals surface area contributed by atoms with Gasteiger partial charge in [0.2, 0.25) is 0 Å². The summed E-state index contributed by atoms with van der Waals surface area (Å²) in [5.74, 6) is 0. The monoisotopic (exact) mass is 182 g/mol. The van der Waals surface area contributed by atoms with Crippen molar-refractivity contribution in [2.24, 2.45) is 5.41 Å². The highest BCUT2D eigenvalue weighted by atomic mass is 16.7. The molecule has 1 aliphatic heterocycles. The van der Waals surface area contributed by atoms with Crippen LogP contribution >= 0.6 is 0 Å². The molecule has 0 aliphatic carbocycles. The van der Waals surface area contributed by atoms with Gasteiger partial charge in [0.15, 0.2) is 0 Å². The standard InChI is InChI=1S/C10H14O3/c1-3-5-10(6-4-2)7-12-9(11)13-8-10/h3-4H,1-2,5-8H2. The van der Waals surface area contributed by atoms with Gasteiger partial charge in [-0.2, -0.15) is 0 Å². The van der Waals surface area contributed by atoms with Crippen LogP contribution in [-0.2, 0) is 9.47 Å². The van der Waals surface area contributed by atoms with Crippen molar-refractivity contribution in [3.8, 4) is 0 Å². The van der Waals surface area contributed by atoms with Crippen LogP contribution in [0.4, 0.5) is 4.79 Å². The summed E-state index contributed by atoms with van der Waals surface area (Å²) < 4.78 is 9.68. The van der Waals surface area contributed by atoms with Gasteiger partial charge in [-0.1, -0.05) is 12.2 Å². The van der Waals surface area contributed by atoms with Crippen LogP contribution in [0.2, 0.25) is 0 Å². The minimum absolute atomic E-state index is 0.141. The first-order valence-corrected chi connectivity index (χ1v) is 4.24. The SMILES string of the molecule is C=CCC1(CC=C)COC(=O)OC1. The molecule has 0 aromatic rings. The molecule has 0 radical (unpaired) electrons. The molecule has 0 saturated carbocycles. The summed E-state index contributed by atoms with van der Waals surface area (Å²) in [7, 11) is 0. The predicted octanol–water partition coefficient (Wildman–Crippen LogP) is 2.29. The third-order valence-electron chi connectivity index (χ3n) is 2.15. The zero-order valence-electron chi connectivity index (χ0n) is 7.62. The Morgan fingerprint density at radius 3 is 2.08 bits per heavy atom. The van der Waals surface area contributed by atoms with Crippen molar-refractivity contribution in [3.05, 3.63) is 25.3 Å². The zero-order chi connectivity index (χ0) is 9.73. The van der Waals surface area contributed by atoms with E-state index in [1.165, 1.54) is 0 Å². The number of cyclic esters (lactones) is 2. The van der Waals surface area contributed by atoms with Gasteiger partial charge in [0.25, 0.3) is 0 Å². The van der Waals surface area contributed by atoms with E-state index in [2.05, 4.69) is 13.2 Å². The Morgan fingerprint density at radius 1 is 1.23 bits per heavy atom. The molecule has 72 valence electrons. The van der Waals surface area contributed by atoms with Gasteiger partial charge < -0.3 is 9.47 Å². The molecule has 0 N–H and O–H groups in total. The first-order chi connectivity index (χ1) is 6.22. The summed E-state index contributed by atoms with van der Waals surface area (Å²) in [5.41, 5.74) is -0.141. The van der Waals surface area contributed by atoms with E-state index in [1.807, 2.05) is 12.2 Å². The largest absolute Gasteiger partial charge is 0.508 e. The fraction of sp³-hybridized carbons (Fsp3) is 0.500. The average molecular weight is 182 g/mol. The van der Waals surface area contributed by atoms with E-state index < -0.39 is 6.16 Å². The summed E-state index contributed by atoms with van der Waals surface area (Å²) in [6.45, 7) is 8.13. The van der Waals surface area contributed by atoms with Gasteiger partial charge in [-0.15, -0.1) is 13.2 Å². The summed E-state index contributed by atoms with van der Waals surface area (Å²) in [6.07, 6.45) is 4.58. The van der Waals surface area contributed by atoms with Crippen LogP contribution in [0.1, 0.15) is 12.8 Å². The van der Waals surface area contributed by atoms with Gasteiger partial charge in [0.05, 0.1) is 0 Å². The third kappa shape index (κ3) is 2.34. The van der Waals surface area contributed by atoms with E-state index in [4.69, 9.17) is 9.47 Å². The Bertz CT molecular complexity index is 198. The van der Waals surface area contributed by atoms with Crippen molar-refractivity contribution in [2.45, 2.75) is 12.8 Å². The topological polar surface area (TPSA) is 35.5 Å². The molecule has 0 amide bonds. The van der Waals surface area contributed by atoms with Crippen LogP contribution in [0, 0.1) is 5.41 Å². The summed E-state index contributed by atoms with van der Waals surface area (Å²) >= 11 is 0. The summed E-state index contributed by atoms with van der Waals surface area (Å²) in [5, 5.41) is 0. The highest BCUT2D eigenvalue weighted by Gasteiger charge is 2.35. The van der Waals surface area contributed by atoms with E-state index in [0.29, 0.717) is 13.2 Å². The zero-order valence-corrected chi connectivity index (χ0v) is 7.62. The molecule has 1 heterocycles. The molecule has 3 nitrogen and oxygen atoms in total. The Balaban J connectivity index is 2.61. The molecule has 0 unspecified atom stereocenters. The van der Waals surface area contributed by atoms with Gasteiger partial charge in [-0.05, 0) is 12.8 Å². The number of ether oxygens (including phenoxy) is 2. The number of rotatable bonds is 4. The minimum atomic E-state index is -0.580. The molecule has 13 heavy (non-hydrogen) atoms. The Labute approximate surface area is 78.0 Å². The fourth-order valence-corrected chi connectivity index (χ4v) is 1.44. The van der Waals surface area contributed by atoms with Gasteiger partial charge in [0.1, 0.15) is 13.2 Å². The molecule has 1 saturated heterocycles. The van der Waals surface area contributed by atoms with Gasteiger partial charge >= 0.3 is 6.16 Å². The number of allylic oxidation sites excluding steroid dienone is 2. The van der Waals surface area contributed by atoms with E-state index in [9.17, 15) is 4.79 Å². The minimum Gasteiger partial charge on any atom is -0.434 e. The van der Waals surface area contributed by atoms with Crippen molar-refractivity contribution in [3.63, 3.8) is 0 Å². The fourth-order valence-electron chi connectivity index (χ4n) is 1.44. The lowest BCUT2D eigenvalue weighted by Crippen LogP contribution is -2.38. The van der Waals surface area contributed by atoms with E-state index in [-0.39, 0.29) is 5.41 Å². The molecule has 0 atom stereocenters. The van der Waals surface area contributed by atoms with Gasteiger partial charge in [-0.25, -0.2) is 4.79 Å². The number of carbonyl (C=O) groups excluding carboxylic acids is 1. The number of hydrogen-bond acceptors (Lipinski definition) is 3. The van der Waals surface area contributed by atoms with Crippen molar-refractivity contribution in [2.75, 3.05) is 13.2 Å². The highest BCUT2D eigenvalue weighted by Crippen LogP contribution is 2.31. The Kier molecular flexibility index (Phi) is 3.12. The lowest BCUT2D eigenvalue weighted by molar-refractivity contribution is -0.0573. The molecule has 0 aromatic carbocycles. The molecule has 0 aromatic heterocycles. The molecule has 1 fully saturated rings. The van der Waals surface area contributed by atoms with E-state index in [0.717, 1.165) is 12.8 Å². The lowest BCUT2D eigenvalue weighted by atomic mass is 9.82. The van der Waals surface area contributed by atoms with Crippen molar-refractivity contribution < 1.29 is 14.3 Å².